The summed E-state index contributed by atoms with van der Waals surface area (Å²) in [6.07, 6.45) is 3.59. The standard InChI is InChI=1S/C12H18N4OS/c18-12-15-10-3-4-13-7-9(10)11(16-12)14-6-8-2-1-5-17-8/h8,13H,1-7H2,(H2,14,15,16,18). The lowest BCUT2D eigenvalue weighted by atomic mass is 10.1. The quantitative estimate of drug-likeness (QED) is 0.721. The van der Waals surface area contributed by atoms with Crippen molar-refractivity contribution in [3.05, 3.63) is 16.0 Å². The van der Waals surface area contributed by atoms with E-state index < -0.39 is 0 Å². The minimum absolute atomic E-state index is 0.316. The SMILES string of the molecule is S=c1nc(NCC2CCCO2)c2c([nH]1)CCNC2. The van der Waals surface area contributed by atoms with Gasteiger partial charge in [-0.15, -0.1) is 0 Å². The number of nitrogens with zero attached hydrogens (tertiary/aromatic N) is 1. The Labute approximate surface area is 111 Å². The van der Waals surface area contributed by atoms with Crippen molar-refractivity contribution < 1.29 is 4.74 Å². The van der Waals surface area contributed by atoms with Crippen LogP contribution in [-0.2, 0) is 17.7 Å². The van der Waals surface area contributed by atoms with Crippen LogP contribution in [0.3, 0.4) is 0 Å². The molecule has 1 aromatic heterocycles. The van der Waals surface area contributed by atoms with Crippen LogP contribution in [0.5, 0.6) is 0 Å². The van der Waals surface area contributed by atoms with E-state index in [-0.39, 0.29) is 0 Å². The molecular formula is C12H18N4OS. The van der Waals surface area contributed by atoms with Gasteiger partial charge in [0.25, 0.3) is 0 Å². The number of aromatic nitrogens is 2. The summed E-state index contributed by atoms with van der Waals surface area (Å²) < 4.78 is 6.17. The number of nitrogens with one attached hydrogen (secondary N) is 3. The Balaban J connectivity index is 1.77. The minimum Gasteiger partial charge on any atom is -0.376 e. The van der Waals surface area contributed by atoms with Gasteiger partial charge in [0, 0.05) is 43.9 Å². The Hall–Kier alpha value is -0.980. The molecule has 0 bridgehead atoms. The molecule has 2 aliphatic rings. The number of rotatable bonds is 3. The Morgan fingerprint density at radius 3 is 3.28 bits per heavy atom. The van der Waals surface area contributed by atoms with Crippen LogP contribution < -0.4 is 10.6 Å². The van der Waals surface area contributed by atoms with Gasteiger partial charge in [-0.1, -0.05) is 0 Å². The maximum absolute atomic E-state index is 5.61. The van der Waals surface area contributed by atoms with Crippen molar-refractivity contribution in [3.8, 4) is 0 Å². The van der Waals surface area contributed by atoms with Gasteiger partial charge in [-0.05, 0) is 25.1 Å². The molecule has 5 nitrogen and oxygen atoms in total. The Bertz CT molecular complexity index is 481. The molecule has 6 heteroatoms. The highest BCUT2D eigenvalue weighted by atomic mass is 32.1. The maximum atomic E-state index is 5.61. The third-order valence-electron chi connectivity index (χ3n) is 3.50. The zero-order chi connectivity index (χ0) is 12.4. The first-order chi connectivity index (χ1) is 8.83. The van der Waals surface area contributed by atoms with Crippen LogP contribution in [0.15, 0.2) is 0 Å². The minimum atomic E-state index is 0.316. The first kappa shape index (κ1) is 12.1. The van der Waals surface area contributed by atoms with Crippen molar-refractivity contribution in [2.45, 2.75) is 31.9 Å². The molecule has 18 heavy (non-hydrogen) atoms. The second kappa shape index (κ2) is 5.34. The van der Waals surface area contributed by atoms with E-state index in [9.17, 15) is 0 Å². The molecule has 1 aromatic rings. The van der Waals surface area contributed by atoms with Crippen LogP contribution >= 0.6 is 12.2 Å². The lowest BCUT2D eigenvalue weighted by molar-refractivity contribution is 0.120. The summed E-state index contributed by atoms with van der Waals surface area (Å²) in [6.45, 7) is 3.54. The summed E-state index contributed by atoms with van der Waals surface area (Å²) in [7, 11) is 0. The summed E-state index contributed by atoms with van der Waals surface area (Å²) in [6, 6.07) is 0. The normalized spacial score (nSPS) is 22.8. The maximum Gasteiger partial charge on any atom is 0.198 e. The largest absolute Gasteiger partial charge is 0.376 e. The highest BCUT2D eigenvalue weighted by Gasteiger charge is 2.18. The Morgan fingerprint density at radius 1 is 1.50 bits per heavy atom. The van der Waals surface area contributed by atoms with Gasteiger partial charge in [0.05, 0.1) is 6.10 Å². The molecule has 3 N–H and O–H groups in total. The average Bonchev–Trinajstić information content (AvgIpc) is 2.89. The van der Waals surface area contributed by atoms with Crippen molar-refractivity contribution >= 4 is 18.0 Å². The van der Waals surface area contributed by atoms with E-state index in [1.165, 1.54) is 11.3 Å². The first-order valence-corrected chi connectivity index (χ1v) is 6.92. The van der Waals surface area contributed by atoms with Gasteiger partial charge in [-0.2, -0.15) is 0 Å². The molecule has 1 atom stereocenters. The molecule has 3 heterocycles. The third-order valence-corrected chi connectivity index (χ3v) is 3.69. The molecule has 0 saturated carbocycles. The van der Waals surface area contributed by atoms with Crippen molar-refractivity contribution in [1.29, 1.82) is 0 Å². The lowest BCUT2D eigenvalue weighted by Crippen LogP contribution is -2.27. The van der Waals surface area contributed by atoms with Gasteiger partial charge in [-0.25, -0.2) is 4.98 Å². The molecule has 0 radical (unpaired) electrons. The molecule has 0 spiro atoms. The zero-order valence-corrected chi connectivity index (χ0v) is 11.1. The molecule has 2 aliphatic heterocycles. The molecule has 0 aromatic carbocycles. The molecule has 98 valence electrons. The second-order valence-corrected chi connectivity index (χ2v) is 5.18. The molecule has 0 amide bonds. The van der Waals surface area contributed by atoms with Gasteiger partial charge in [0.2, 0.25) is 0 Å². The number of aromatic amines is 1. The van der Waals surface area contributed by atoms with Crippen LogP contribution in [0, 0.1) is 4.77 Å². The molecule has 1 fully saturated rings. The molecule has 0 aliphatic carbocycles. The van der Waals surface area contributed by atoms with Gasteiger partial charge in [0.1, 0.15) is 5.82 Å². The van der Waals surface area contributed by atoms with E-state index in [4.69, 9.17) is 17.0 Å². The first-order valence-electron chi connectivity index (χ1n) is 6.51. The monoisotopic (exact) mass is 266 g/mol. The highest BCUT2D eigenvalue weighted by molar-refractivity contribution is 7.71. The molecule has 3 rings (SSSR count). The Kier molecular flexibility index (Phi) is 3.58. The van der Waals surface area contributed by atoms with Crippen LogP contribution in [0.1, 0.15) is 24.1 Å². The van der Waals surface area contributed by atoms with Crippen molar-refractivity contribution in [3.63, 3.8) is 0 Å². The van der Waals surface area contributed by atoms with Crippen LogP contribution in [0.2, 0.25) is 0 Å². The summed E-state index contributed by atoms with van der Waals surface area (Å²) in [5, 5.41) is 6.76. The zero-order valence-electron chi connectivity index (χ0n) is 10.3. The van der Waals surface area contributed by atoms with E-state index in [0.717, 1.165) is 51.3 Å². The van der Waals surface area contributed by atoms with Crippen molar-refractivity contribution in [2.24, 2.45) is 0 Å². The summed E-state index contributed by atoms with van der Waals surface area (Å²) >= 11 is 5.18. The van der Waals surface area contributed by atoms with Crippen molar-refractivity contribution in [1.82, 2.24) is 15.3 Å². The van der Waals surface area contributed by atoms with Crippen LogP contribution in [-0.4, -0.2) is 35.8 Å². The predicted molar refractivity (Wildman–Crippen MR) is 72.3 cm³/mol. The topological polar surface area (TPSA) is 62.0 Å². The lowest BCUT2D eigenvalue weighted by Gasteiger charge is -2.21. The van der Waals surface area contributed by atoms with Crippen LogP contribution in [0.4, 0.5) is 5.82 Å². The van der Waals surface area contributed by atoms with Crippen LogP contribution in [0.25, 0.3) is 0 Å². The number of hydrogen-bond donors (Lipinski definition) is 3. The van der Waals surface area contributed by atoms with E-state index >= 15 is 0 Å². The fourth-order valence-corrected chi connectivity index (χ4v) is 2.75. The van der Waals surface area contributed by atoms with Gasteiger partial charge >= 0.3 is 0 Å². The second-order valence-electron chi connectivity index (χ2n) is 4.79. The average molecular weight is 266 g/mol. The van der Waals surface area contributed by atoms with E-state index in [1.807, 2.05) is 0 Å². The van der Waals surface area contributed by atoms with Gasteiger partial charge in [0.15, 0.2) is 4.77 Å². The van der Waals surface area contributed by atoms with Gasteiger partial charge in [-0.3, -0.25) is 0 Å². The molecular weight excluding hydrogens is 248 g/mol. The fourth-order valence-electron chi connectivity index (χ4n) is 2.54. The van der Waals surface area contributed by atoms with E-state index in [1.54, 1.807) is 0 Å². The third kappa shape index (κ3) is 2.55. The predicted octanol–water partition coefficient (Wildman–Crippen LogP) is 1.38. The Morgan fingerprint density at radius 2 is 2.44 bits per heavy atom. The van der Waals surface area contributed by atoms with Gasteiger partial charge < -0.3 is 20.4 Å². The van der Waals surface area contributed by atoms with E-state index in [0.29, 0.717) is 10.9 Å². The number of fused-ring (bicyclic) bond motifs is 1. The molecule has 1 unspecified atom stereocenters. The number of anilines is 1. The summed E-state index contributed by atoms with van der Waals surface area (Å²) in [4.78, 5) is 7.59. The number of hydrogen-bond acceptors (Lipinski definition) is 5. The summed E-state index contributed by atoms with van der Waals surface area (Å²) in [5.41, 5.74) is 2.43. The smallest absolute Gasteiger partial charge is 0.198 e. The van der Waals surface area contributed by atoms with Crippen molar-refractivity contribution in [2.75, 3.05) is 25.0 Å². The number of H-pyrrole nitrogens is 1. The fraction of sp³-hybridized carbons (Fsp3) is 0.667. The highest BCUT2D eigenvalue weighted by Crippen LogP contribution is 2.20. The summed E-state index contributed by atoms with van der Waals surface area (Å²) in [5.74, 6) is 0.913. The van der Waals surface area contributed by atoms with E-state index in [2.05, 4.69) is 20.6 Å². The molecule has 1 saturated heterocycles. The number of ether oxygens (including phenoxy) is 1.